The summed E-state index contributed by atoms with van der Waals surface area (Å²) in [6.45, 7) is 0. The zero-order chi connectivity index (χ0) is 8.55. The SMILES string of the molecule is CO[n+]1onc2nc(Cl)ccc21. The summed E-state index contributed by atoms with van der Waals surface area (Å²) in [5.74, 6) is 0. The van der Waals surface area contributed by atoms with E-state index >= 15 is 0 Å². The molecule has 12 heavy (non-hydrogen) atoms. The lowest BCUT2D eigenvalue weighted by molar-refractivity contribution is -1.00. The molecule has 0 N–H and O–H groups in total. The molecular weight excluding hydrogens is 182 g/mol. The first-order valence-electron chi connectivity index (χ1n) is 3.20. The van der Waals surface area contributed by atoms with Crippen LogP contribution in [0.25, 0.3) is 11.2 Å². The second-order valence-corrected chi connectivity index (χ2v) is 2.48. The van der Waals surface area contributed by atoms with E-state index in [1.54, 1.807) is 12.1 Å². The van der Waals surface area contributed by atoms with Crippen molar-refractivity contribution >= 4 is 22.8 Å². The average molecular weight is 187 g/mol. The Bertz CT molecular complexity index is 414. The third-order valence-corrected chi connectivity index (χ3v) is 1.60. The molecule has 0 fully saturated rings. The van der Waals surface area contributed by atoms with E-state index in [9.17, 15) is 0 Å². The van der Waals surface area contributed by atoms with Gasteiger partial charge < -0.3 is 4.84 Å². The summed E-state index contributed by atoms with van der Waals surface area (Å²) >= 11 is 5.63. The number of pyridine rings is 1. The Morgan fingerprint density at radius 2 is 2.42 bits per heavy atom. The molecule has 0 radical (unpaired) electrons. The molecular formula is C6H5ClN3O2+. The van der Waals surface area contributed by atoms with Gasteiger partial charge in [0.05, 0.1) is 0 Å². The highest BCUT2D eigenvalue weighted by Gasteiger charge is 2.17. The van der Waals surface area contributed by atoms with Crippen LogP contribution in [0.3, 0.4) is 0 Å². The first kappa shape index (κ1) is 7.30. The van der Waals surface area contributed by atoms with Crippen molar-refractivity contribution in [2.24, 2.45) is 0 Å². The van der Waals surface area contributed by atoms with E-state index in [2.05, 4.69) is 10.1 Å². The van der Waals surface area contributed by atoms with Crippen molar-refractivity contribution in [3.63, 3.8) is 0 Å². The van der Waals surface area contributed by atoms with Gasteiger partial charge in [-0.3, -0.25) is 0 Å². The van der Waals surface area contributed by atoms with Gasteiger partial charge in [-0.05, 0) is 10.7 Å². The molecule has 0 unspecified atom stereocenters. The Hall–Kier alpha value is -1.36. The molecule has 0 aliphatic rings. The van der Waals surface area contributed by atoms with Gasteiger partial charge in [0.25, 0.3) is 5.52 Å². The van der Waals surface area contributed by atoms with Crippen LogP contribution in [0.5, 0.6) is 0 Å². The van der Waals surface area contributed by atoms with Crippen LogP contribution in [0.4, 0.5) is 0 Å². The Labute approximate surface area is 72.4 Å². The maximum Gasteiger partial charge on any atom is 0.372 e. The van der Waals surface area contributed by atoms with Crippen molar-refractivity contribution in [2.75, 3.05) is 7.11 Å². The number of halogens is 1. The standard InChI is InChI=1S/C6H5ClN3O2/c1-11-10-4-2-3-5(7)8-6(4)9-12-10/h2-3H,1H3/q+1. The van der Waals surface area contributed by atoms with Crippen LogP contribution in [-0.4, -0.2) is 17.3 Å². The van der Waals surface area contributed by atoms with Crippen LogP contribution >= 0.6 is 11.6 Å². The molecule has 0 saturated carbocycles. The zero-order valence-electron chi connectivity index (χ0n) is 6.19. The maximum atomic E-state index is 5.63. The summed E-state index contributed by atoms with van der Waals surface area (Å²) in [4.78, 5) is 9.87. The minimum atomic E-state index is 0.374. The topological polar surface area (TPSA) is 52.0 Å². The first-order chi connectivity index (χ1) is 5.81. The summed E-state index contributed by atoms with van der Waals surface area (Å²) in [6.07, 6.45) is 0. The monoisotopic (exact) mass is 186 g/mol. The number of nitrogens with zero attached hydrogens (tertiary/aromatic N) is 3. The number of fused-ring (bicyclic) bond motifs is 1. The molecule has 0 atom stereocenters. The highest BCUT2D eigenvalue weighted by molar-refractivity contribution is 6.29. The smallest absolute Gasteiger partial charge is 0.305 e. The number of rotatable bonds is 1. The average Bonchev–Trinajstić information content (AvgIpc) is 2.46. The summed E-state index contributed by atoms with van der Waals surface area (Å²) in [6, 6.07) is 3.35. The van der Waals surface area contributed by atoms with Crippen molar-refractivity contribution in [1.29, 1.82) is 0 Å². The molecule has 0 saturated heterocycles. The highest BCUT2D eigenvalue weighted by atomic mass is 35.5. The maximum absolute atomic E-state index is 5.63. The highest BCUT2D eigenvalue weighted by Crippen LogP contribution is 2.08. The molecule has 62 valence electrons. The van der Waals surface area contributed by atoms with Gasteiger partial charge in [0.15, 0.2) is 5.16 Å². The quantitative estimate of drug-likeness (QED) is 0.598. The fraction of sp³-hybridized carbons (Fsp3) is 0.167. The molecule has 6 heteroatoms. The zero-order valence-corrected chi connectivity index (χ0v) is 6.95. The fourth-order valence-corrected chi connectivity index (χ4v) is 1.02. The Kier molecular flexibility index (Phi) is 1.58. The van der Waals surface area contributed by atoms with E-state index < -0.39 is 0 Å². The summed E-state index contributed by atoms with van der Waals surface area (Å²) in [5, 5.41) is 3.99. The third kappa shape index (κ3) is 0.984. The van der Waals surface area contributed by atoms with Gasteiger partial charge in [0.1, 0.15) is 17.2 Å². The van der Waals surface area contributed by atoms with Crippen LogP contribution in [0.1, 0.15) is 0 Å². The van der Waals surface area contributed by atoms with E-state index in [4.69, 9.17) is 21.1 Å². The van der Waals surface area contributed by atoms with Crippen LogP contribution < -0.4 is 9.74 Å². The van der Waals surface area contributed by atoms with Crippen molar-refractivity contribution in [3.8, 4) is 0 Å². The fourth-order valence-electron chi connectivity index (χ4n) is 0.879. The van der Waals surface area contributed by atoms with Gasteiger partial charge in [0, 0.05) is 6.07 Å². The van der Waals surface area contributed by atoms with E-state index in [0.29, 0.717) is 16.3 Å². The molecule has 0 spiro atoms. The summed E-state index contributed by atoms with van der Waals surface area (Å²) in [7, 11) is 1.47. The molecule has 0 amide bonds. The predicted octanol–water partition coefficient (Wildman–Crippen LogP) is 0.222. The minimum absolute atomic E-state index is 0.374. The molecule has 0 bridgehead atoms. The van der Waals surface area contributed by atoms with Crippen LogP contribution in [-0.2, 0) is 0 Å². The van der Waals surface area contributed by atoms with Crippen molar-refractivity contribution in [2.45, 2.75) is 0 Å². The largest absolute Gasteiger partial charge is 0.372 e. The number of aromatic nitrogens is 3. The van der Waals surface area contributed by atoms with E-state index in [1.807, 2.05) is 0 Å². The van der Waals surface area contributed by atoms with Crippen molar-refractivity contribution in [1.82, 2.24) is 10.1 Å². The van der Waals surface area contributed by atoms with Gasteiger partial charge in [-0.15, -0.1) is 0 Å². The molecule has 2 heterocycles. The number of hydrogen-bond donors (Lipinski definition) is 0. The molecule has 5 nitrogen and oxygen atoms in total. The summed E-state index contributed by atoms with van der Waals surface area (Å²) < 4.78 is 4.74. The molecule has 2 aromatic rings. The van der Waals surface area contributed by atoms with Crippen LogP contribution in [0, 0.1) is 0 Å². The first-order valence-corrected chi connectivity index (χ1v) is 3.58. The normalized spacial score (nSPS) is 10.5. The molecule has 0 aliphatic heterocycles. The van der Waals surface area contributed by atoms with E-state index in [-0.39, 0.29) is 0 Å². The van der Waals surface area contributed by atoms with E-state index in [1.165, 1.54) is 7.11 Å². The third-order valence-electron chi connectivity index (χ3n) is 1.38. The van der Waals surface area contributed by atoms with Gasteiger partial charge in [-0.2, -0.15) is 4.98 Å². The van der Waals surface area contributed by atoms with Gasteiger partial charge >= 0.3 is 5.65 Å². The van der Waals surface area contributed by atoms with E-state index in [0.717, 1.165) is 4.90 Å². The lowest BCUT2D eigenvalue weighted by atomic mass is 10.4. The molecule has 0 aliphatic carbocycles. The number of hydrogen-bond acceptors (Lipinski definition) is 4. The van der Waals surface area contributed by atoms with Crippen molar-refractivity contribution < 1.29 is 14.4 Å². The minimum Gasteiger partial charge on any atom is -0.305 e. The van der Waals surface area contributed by atoms with Gasteiger partial charge in [0.2, 0.25) is 0 Å². The Morgan fingerprint density at radius 3 is 3.17 bits per heavy atom. The van der Waals surface area contributed by atoms with Gasteiger partial charge in [-0.25, -0.2) is 0 Å². The lowest BCUT2D eigenvalue weighted by Crippen LogP contribution is -2.38. The second kappa shape index (κ2) is 2.60. The second-order valence-electron chi connectivity index (χ2n) is 2.09. The van der Waals surface area contributed by atoms with Crippen LogP contribution in [0.2, 0.25) is 5.15 Å². The van der Waals surface area contributed by atoms with Crippen molar-refractivity contribution in [3.05, 3.63) is 17.3 Å². The Balaban J connectivity index is 2.73. The summed E-state index contributed by atoms with van der Waals surface area (Å²) in [5.41, 5.74) is 1.06. The lowest BCUT2D eigenvalue weighted by Gasteiger charge is -1.85. The van der Waals surface area contributed by atoms with Crippen LogP contribution in [0.15, 0.2) is 16.8 Å². The Morgan fingerprint density at radius 1 is 1.58 bits per heavy atom. The molecule has 2 rings (SSSR count). The molecule has 2 aromatic heterocycles. The van der Waals surface area contributed by atoms with Gasteiger partial charge in [-0.1, -0.05) is 11.6 Å². The molecule has 0 aromatic carbocycles. The predicted molar refractivity (Wildman–Crippen MR) is 39.5 cm³/mol.